The standard InChI is InChI=1S/C13H26N2O/c1-10(2)4-5-13(16)15-8-6-12(7-9-15)11(3)14/h10-12H,4-9,14H2,1-3H3. The molecule has 0 saturated carbocycles. The van der Waals surface area contributed by atoms with Crippen LogP contribution in [0.15, 0.2) is 0 Å². The SMILES string of the molecule is CC(C)CCC(=O)N1CCC(C(C)N)CC1. The minimum absolute atomic E-state index is 0.271. The molecule has 0 aliphatic carbocycles. The molecule has 3 heteroatoms. The Morgan fingerprint density at radius 1 is 1.31 bits per heavy atom. The van der Waals surface area contributed by atoms with Crippen molar-refractivity contribution in [3.05, 3.63) is 0 Å². The van der Waals surface area contributed by atoms with E-state index in [-0.39, 0.29) is 6.04 Å². The molecule has 0 radical (unpaired) electrons. The summed E-state index contributed by atoms with van der Waals surface area (Å²) in [4.78, 5) is 13.9. The van der Waals surface area contributed by atoms with Crippen LogP contribution in [-0.4, -0.2) is 29.9 Å². The van der Waals surface area contributed by atoms with Crippen LogP contribution in [0.5, 0.6) is 0 Å². The van der Waals surface area contributed by atoms with E-state index in [1.807, 2.05) is 4.90 Å². The molecule has 1 amide bonds. The van der Waals surface area contributed by atoms with Gasteiger partial charge in [0.2, 0.25) is 5.91 Å². The van der Waals surface area contributed by atoms with E-state index in [1.165, 1.54) is 0 Å². The molecule has 16 heavy (non-hydrogen) atoms. The topological polar surface area (TPSA) is 46.3 Å². The first-order valence-electron chi connectivity index (χ1n) is 6.54. The number of likely N-dealkylation sites (tertiary alicyclic amines) is 1. The Morgan fingerprint density at radius 2 is 1.88 bits per heavy atom. The van der Waals surface area contributed by atoms with Gasteiger partial charge < -0.3 is 10.6 Å². The van der Waals surface area contributed by atoms with Crippen LogP contribution in [0.1, 0.15) is 46.5 Å². The van der Waals surface area contributed by atoms with Crippen molar-refractivity contribution in [1.82, 2.24) is 4.90 Å². The summed E-state index contributed by atoms with van der Waals surface area (Å²) in [5, 5.41) is 0. The lowest BCUT2D eigenvalue weighted by Crippen LogP contribution is -2.42. The van der Waals surface area contributed by atoms with Gasteiger partial charge in [0.25, 0.3) is 0 Å². The van der Waals surface area contributed by atoms with E-state index in [0.717, 1.165) is 32.4 Å². The molecule has 2 N–H and O–H groups in total. The van der Waals surface area contributed by atoms with E-state index in [9.17, 15) is 4.79 Å². The Kier molecular flexibility index (Phi) is 5.26. The first kappa shape index (κ1) is 13.5. The smallest absolute Gasteiger partial charge is 0.222 e. The number of hydrogen-bond donors (Lipinski definition) is 1. The van der Waals surface area contributed by atoms with Crippen LogP contribution in [0, 0.1) is 11.8 Å². The van der Waals surface area contributed by atoms with Crippen molar-refractivity contribution in [2.24, 2.45) is 17.6 Å². The second-order valence-electron chi connectivity index (χ2n) is 5.51. The van der Waals surface area contributed by atoms with Crippen LogP contribution >= 0.6 is 0 Å². The molecule has 0 aromatic rings. The number of carbonyl (C=O) groups is 1. The number of amides is 1. The second kappa shape index (κ2) is 6.24. The third-order valence-electron chi connectivity index (χ3n) is 3.57. The molecule has 1 unspecified atom stereocenters. The zero-order valence-corrected chi connectivity index (χ0v) is 10.9. The number of nitrogens with two attached hydrogens (primary N) is 1. The van der Waals surface area contributed by atoms with Crippen molar-refractivity contribution in [3.8, 4) is 0 Å². The fraction of sp³-hybridized carbons (Fsp3) is 0.923. The van der Waals surface area contributed by atoms with Gasteiger partial charge in [0.05, 0.1) is 0 Å². The molecule has 1 aliphatic rings. The van der Waals surface area contributed by atoms with Crippen LogP contribution in [-0.2, 0) is 4.79 Å². The average Bonchev–Trinajstić information content (AvgIpc) is 2.26. The van der Waals surface area contributed by atoms with Gasteiger partial charge in [-0.1, -0.05) is 13.8 Å². The van der Waals surface area contributed by atoms with Gasteiger partial charge in [-0.05, 0) is 38.0 Å². The molecule has 0 aromatic heterocycles. The number of piperidine rings is 1. The molecule has 1 fully saturated rings. The van der Waals surface area contributed by atoms with Crippen molar-refractivity contribution in [2.45, 2.75) is 52.5 Å². The summed E-state index contributed by atoms with van der Waals surface area (Å²) in [5.74, 6) is 1.55. The normalized spacial score (nSPS) is 20.2. The number of nitrogens with zero attached hydrogens (tertiary/aromatic N) is 1. The van der Waals surface area contributed by atoms with E-state index in [4.69, 9.17) is 5.73 Å². The highest BCUT2D eigenvalue weighted by molar-refractivity contribution is 5.76. The Balaban J connectivity index is 2.27. The van der Waals surface area contributed by atoms with E-state index < -0.39 is 0 Å². The molecule has 1 heterocycles. The number of hydrogen-bond acceptors (Lipinski definition) is 2. The van der Waals surface area contributed by atoms with Gasteiger partial charge in [0, 0.05) is 25.6 Å². The van der Waals surface area contributed by atoms with Gasteiger partial charge in [-0.15, -0.1) is 0 Å². The lowest BCUT2D eigenvalue weighted by molar-refractivity contribution is -0.132. The molecule has 0 bridgehead atoms. The maximum absolute atomic E-state index is 11.9. The summed E-state index contributed by atoms with van der Waals surface area (Å²) < 4.78 is 0. The summed E-state index contributed by atoms with van der Waals surface area (Å²) in [7, 11) is 0. The third-order valence-corrected chi connectivity index (χ3v) is 3.57. The van der Waals surface area contributed by atoms with Crippen molar-refractivity contribution >= 4 is 5.91 Å². The number of rotatable bonds is 4. The summed E-state index contributed by atoms with van der Waals surface area (Å²) in [6.45, 7) is 8.21. The fourth-order valence-corrected chi connectivity index (χ4v) is 2.24. The highest BCUT2D eigenvalue weighted by atomic mass is 16.2. The molecule has 1 saturated heterocycles. The molecule has 1 aliphatic heterocycles. The van der Waals surface area contributed by atoms with Crippen molar-refractivity contribution < 1.29 is 4.79 Å². The molecular weight excluding hydrogens is 200 g/mol. The number of carbonyl (C=O) groups excluding carboxylic acids is 1. The molecule has 0 aromatic carbocycles. The summed E-state index contributed by atoms with van der Waals surface area (Å²) in [6.07, 6.45) is 3.86. The summed E-state index contributed by atoms with van der Waals surface area (Å²) in [5.41, 5.74) is 5.88. The monoisotopic (exact) mass is 226 g/mol. The van der Waals surface area contributed by atoms with Crippen LogP contribution in [0.4, 0.5) is 0 Å². The quantitative estimate of drug-likeness (QED) is 0.797. The van der Waals surface area contributed by atoms with E-state index in [1.54, 1.807) is 0 Å². The van der Waals surface area contributed by atoms with Crippen molar-refractivity contribution in [3.63, 3.8) is 0 Å². The zero-order chi connectivity index (χ0) is 12.1. The first-order chi connectivity index (χ1) is 7.50. The summed E-state index contributed by atoms with van der Waals surface area (Å²) in [6, 6.07) is 0.271. The van der Waals surface area contributed by atoms with Gasteiger partial charge in [0.15, 0.2) is 0 Å². The Labute approximate surface area is 99.4 Å². The van der Waals surface area contributed by atoms with Crippen LogP contribution in [0.25, 0.3) is 0 Å². The maximum Gasteiger partial charge on any atom is 0.222 e. The van der Waals surface area contributed by atoms with Gasteiger partial charge in [0.1, 0.15) is 0 Å². The second-order valence-corrected chi connectivity index (χ2v) is 5.51. The van der Waals surface area contributed by atoms with E-state index in [2.05, 4.69) is 20.8 Å². The highest BCUT2D eigenvalue weighted by Crippen LogP contribution is 2.20. The van der Waals surface area contributed by atoms with E-state index >= 15 is 0 Å². The third kappa shape index (κ3) is 4.12. The van der Waals surface area contributed by atoms with Gasteiger partial charge in [-0.3, -0.25) is 4.79 Å². The van der Waals surface area contributed by atoms with Crippen molar-refractivity contribution in [1.29, 1.82) is 0 Å². The fourth-order valence-electron chi connectivity index (χ4n) is 2.24. The largest absolute Gasteiger partial charge is 0.343 e. The van der Waals surface area contributed by atoms with Gasteiger partial charge in [-0.2, -0.15) is 0 Å². The summed E-state index contributed by atoms with van der Waals surface area (Å²) >= 11 is 0. The average molecular weight is 226 g/mol. The van der Waals surface area contributed by atoms with Gasteiger partial charge in [-0.25, -0.2) is 0 Å². The molecule has 1 atom stereocenters. The zero-order valence-electron chi connectivity index (χ0n) is 10.9. The van der Waals surface area contributed by atoms with Crippen molar-refractivity contribution in [2.75, 3.05) is 13.1 Å². The predicted octanol–water partition coefficient (Wildman–Crippen LogP) is 2.01. The molecule has 1 rings (SSSR count). The van der Waals surface area contributed by atoms with Crippen LogP contribution in [0.3, 0.4) is 0 Å². The highest BCUT2D eigenvalue weighted by Gasteiger charge is 2.24. The Morgan fingerprint density at radius 3 is 2.31 bits per heavy atom. The Hall–Kier alpha value is -0.570. The van der Waals surface area contributed by atoms with Crippen LogP contribution in [0.2, 0.25) is 0 Å². The van der Waals surface area contributed by atoms with E-state index in [0.29, 0.717) is 24.2 Å². The maximum atomic E-state index is 11.9. The van der Waals surface area contributed by atoms with Gasteiger partial charge >= 0.3 is 0 Å². The first-order valence-corrected chi connectivity index (χ1v) is 6.54. The minimum Gasteiger partial charge on any atom is -0.343 e. The minimum atomic E-state index is 0.271. The molecule has 3 nitrogen and oxygen atoms in total. The predicted molar refractivity (Wildman–Crippen MR) is 67.0 cm³/mol. The lowest BCUT2D eigenvalue weighted by atomic mass is 9.90. The molecule has 94 valence electrons. The van der Waals surface area contributed by atoms with Crippen LogP contribution < -0.4 is 5.73 Å². The lowest BCUT2D eigenvalue weighted by Gasteiger charge is -2.33. The molecule has 0 spiro atoms. The Bertz CT molecular complexity index is 218. The molecular formula is C13H26N2O.